The topological polar surface area (TPSA) is 175 Å². The summed E-state index contributed by atoms with van der Waals surface area (Å²) in [5, 5.41) is 54.7. The summed E-state index contributed by atoms with van der Waals surface area (Å²) in [6.07, 6.45) is 94.5. The maximum atomic E-state index is 13.1. The molecule has 1 saturated heterocycles. The van der Waals surface area contributed by atoms with E-state index in [0.717, 1.165) is 64.2 Å². The molecule has 100 heavy (non-hydrogen) atoms. The summed E-state index contributed by atoms with van der Waals surface area (Å²) < 4.78 is 16.8. The summed E-state index contributed by atoms with van der Waals surface area (Å²) in [5.41, 5.74) is 0. The van der Waals surface area contributed by atoms with Crippen LogP contribution in [-0.2, 0) is 23.8 Å². The van der Waals surface area contributed by atoms with Gasteiger partial charge in [-0.15, -0.1) is 0 Å². The zero-order chi connectivity index (χ0) is 72.2. The standard InChI is InChI=1S/C89H167NO10/c1-3-5-7-9-11-13-15-17-19-20-45-49-53-57-61-65-69-73-77-85(94)98-78-74-70-66-62-58-54-50-46-43-41-39-37-35-33-31-29-27-25-23-21-22-24-26-28-30-32-34-36-38-40-42-44-48-52-56-60-64-68-72-76-84(93)90-81(80-99-89-88(97)87(96)86(95)83(79-91)100-89)82(92)75-71-67-63-59-55-51-47-18-16-14-12-10-8-6-4-2/h19-22,25,27,71,75,81-83,86-89,91-92,95-97H,3-18,23-24,26,28-70,72-74,76-80H2,1-2H3,(H,90,93)/b20-19-,22-21-,27-25-,75-71+. The highest BCUT2D eigenvalue weighted by Crippen LogP contribution is 2.24. The lowest BCUT2D eigenvalue weighted by atomic mass is 9.99. The first-order chi connectivity index (χ1) is 49.2. The van der Waals surface area contributed by atoms with Gasteiger partial charge < -0.3 is 45.1 Å². The molecule has 7 atom stereocenters. The van der Waals surface area contributed by atoms with Crippen LogP contribution in [-0.4, -0.2) is 100 Å². The third-order valence-electron chi connectivity index (χ3n) is 20.9. The first-order valence-corrected chi connectivity index (χ1v) is 43.9. The maximum Gasteiger partial charge on any atom is 0.305 e. The Morgan fingerprint density at radius 1 is 0.370 bits per heavy atom. The minimum absolute atomic E-state index is 0.0125. The van der Waals surface area contributed by atoms with Gasteiger partial charge in [0.25, 0.3) is 0 Å². The number of nitrogens with one attached hydrogen (secondary N) is 1. The van der Waals surface area contributed by atoms with Gasteiger partial charge in [-0.2, -0.15) is 0 Å². The molecule has 1 rings (SSSR count). The fourth-order valence-electron chi connectivity index (χ4n) is 14.1. The molecular formula is C89H167NO10. The Bertz CT molecular complexity index is 1800. The lowest BCUT2D eigenvalue weighted by Gasteiger charge is -2.40. The van der Waals surface area contributed by atoms with Gasteiger partial charge >= 0.3 is 5.97 Å². The second-order valence-electron chi connectivity index (χ2n) is 30.6. The highest BCUT2D eigenvalue weighted by molar-refractivity contribution is 5.76. The van der Waals surface area contributed by atoms with Crippen molar-refractivity contribution < 1.29 is 49.3 Å². The molecule has 0 spiro atoms. The van der Waals surface area contributed by atoms with Crippen molar-refractivity contribution in [3.63, 3.8) is 0 Å². The van der Waals surface area contributed by atoms with Crippen molar-refractivity contribution in [2.24, 2.45) is 0 Å². The van der Waals surface area contributed by atoms with E-state index in [-0.39, 0.29) is 18.5 Å². The lowest BCUT2D eigenvalue weighted by Crippen LogP contribution is -2.60. The zero-order valence-electron chi connectivity index (χ0n) is 65.9. The molecule has 1 aliphatic heterocycles. The number of hydrogen-bond acceptors (Lipinski definition) is 10. The van der Waals surface area contributed by atoms with Gasteiger partial charge in [-0.25, -0.2) is 0 Å². The van der Waals surface area contributed by atoms with Gasteiger partial charge in [-0.3, -0.25) is 9.59 Å². The number of unbranched alkanes of at least 4 members (excludes halogenated alkanes) is 59. The number of hydrogen-bond donors (Lipinski definition) is 6. The normalized spacial score (nSPS) is 17.3. The number of allylic oxidation sites excluding steroid dienone is 7. The summed E-state index contributed by atoms with van der Waals surface area (Å²) in [5.74, 6) is -0.163. The van der Waals surface area contributed by atoms with Crippen molar-refractivity contribution in [3.05, 3.63) is 48.6 Å². The molecule has 1 fully saturated rings. The van der Waals surface area contributed by atoms with Gasteiger partial charge in [-0.05, 0) is 89.9 Å². The molecule has 588 valence electrons. The Hall–Kier alpha value is -2.38. The van der Waals surface area contributed by atoms with Crippen LogP contribution in [0, 0.1) is 0 Å². The fraction of sp³-hybridized carbons (Fsp3) is 0.888. The Kier molecular flexibility index (Phi) is 74.3. The highest BCUT2D eigenvalue weighted by atomic mass is 16.7. The lowest BCUT2D eigenvalue weighted by molar-refractivity contribution is -0.302. The molecule has 11 heteroatoms. The Morgan fingerprint density at radius 3 is 1.02 bits per heavy atom. The molecule has 0 radical (unpaired) electrons. The van der Waals surface area contributed by atoms with E-state index in [4.69, 9.17) is 14.2 Å². The van der Waals surface area contributed by atoms with Crippen molar-refractivity contribution in [2.45, 2.75) is 487 Å². The number of amides is 1. The van der Waals surface area contributed by atoms with Gasteiger partial charge in [-0.1, -0.05) is 390 Å². The SMILES string of the molecule is CCCCCCCCC/C=C\CCCCCCCCCC(=O)OCCCCCCCCCCCCCCCCC/C=C\C/C=C\CCCCCCCCCCCCCCCCCCCC(=O)NC(COC1OC(CO)C(O)C(O)C1O)C(O)/C=C/CCCCCCCCCCCCCCC. The average Bonchev–Trinajstić information content (AvgIpc) is 0.822. The molecule has 7 unspecified atom stereocenters. The Balaban J connectivity index is 1.89. The number of rotatable bonds is 79. The van der Waals surface area contributed by atoms with Crippen molar-refractivity contribution in [1.82, 2.24) is 5.32 Å². The minimum Gasteiger partial charge on any atom is -0.466 e. The molecule has 1 aliphatic rings. The van der Waals surface area contributed by atoms with Crippen molar-refractivity contribution in [2.75, 3.05) is 19.8 Å². The van der Waals surface area contributed by atoms with Crippen LogP contribution in [0.2, 0.25) is 0 Å². The molecule has 0 aromatic rings. The molecule has 1 amide bonds. The maximum absolute atomic E-state index is 13.1. The average molecular weight is 1410 g/mol. The van der Waals surface area contributed by atoms with Crippen LogP contribution in [0.4, 0.5) is 0 Å². The third kappa shape index (κ3) is 65.2. The molecule has 0 aromatic carbocycles. The number of ether oxygens (including phenoxy) is 3. The number of esters is 1. The largest absolute Gasteiger partial charge is 0.466 e. The van der Waals surface area contributed by atoms with Gasteiger partial charge in [0.05, 0.1) is 32.0 Å². The van der Waals surface area contributed by atoms with E-state index < -0.39 is 49.5 Å². The summed E-state index contributed by atoms with van der Waals surface area (Å²) >= 11 is 0. The van der Waals surface area contributed by atoms with E-state index >= 15 is 0 Å². The summed E-state index contributed by atoms with van der Waals surface area (Å²) in [4.78, 5) is 25.3. The molecule has 0 aromatic heterocycles. The fourth-order valence-corrected chi connectivity index (χ4v) is 14.1. The number of aliphatic hydroxyl groups is 5. The predicted octanol–water partition coefficient (Wildman–Crippen LogP) is 24.6. The van der Waals surface area contributed by atoms with E-state index in [2.05, 4.69) is 55.6 Å². The van der Waals surface area contributed by atoms with Crippen LogP contribution in [0.1, 0.15) is 444 Å². The van der Waals surface area contributed by atoms with Crippen molar-refractivity contribution in [3.8, 4) is 0 Å². The minimum atomic E-state index is -1.57. The van der Waals surface area contributed by atoms with Gasteiger partial charge in [0, 0.05) is 12.8 Å². The van der Waals surface area contributed by atoms with Crippen LogP contribution in [0.3, 0.4) is 0 Å². The van der Waals surface area contributed by atoms with E-state index in [1.165, 1.54) is 353 Å². The number of carbonyl (C=O) groups excluding carboxylic acids is 2. The summed E-state index contributed by atoms with van der Waals surface area (Å²) in [6.45, 7) is 4.41. The number of aliphatic hydroxyl groups excluding tert-OH is 5. The second kappa shape index (κ2) is 77.7. The van der Waals surface area contributed by atoms with Crippen LogP contribution in [0.5, 0.6) is 0 Å². The van der Waals surface area contributed by atoms with E-state index in [1.807, 2.05) is 6.08 Å². The van der Waals surface area contributed by atoms with Crippen LogP contribution < -0.4 is 5.32 Å². The van der Waals surface area contributed by atoms with Gasteiger partial charge in [0.2, 0.25) is 5.91 Å². The molecule has 11 nitrogen and oxygen atoms in total. The molecule has 1 heterocycles. The Labute approximate surface area is 618 Å². The molecule has 0 bridgehead atoms. The molecule has 6 N–H and O–H groups in total. The van der Waals surface area contributed by atoms with Crippen LogP contribution in [0.25, 0.3) is 0 Å². The summed E-state index contributed by atoms with van der Waals surface area (Å²) in [6, 6.07) is -0.809. The second-order valence-corrected chi connectivity index (χ2v) is 30.6. The molecule has 0 saturated carbocycles. The van der Waals surface area contributed by atoms with Crippen LogP contribution in [0.15, 0.2) is 48.6 Å². The van der Waals surface area contributed by atoms with Crippen molar-refractivity contribution in [1.29, 1.82) is 0 Å². The van der Waals surface area contributed by atoms with Gasteiger partial charge in [0.1, 0.15) is 24.4 Å². The highest BCUT2D eigenvalue weighted by Gasteiger charge is 2.44. The van der Waals surface area contributed by atoms with Crippen molar-refractivity contribution >= 4 is 11.9 Å². The Morgan fingerprint density at radius 2 is 0.670 bits per heavy atom. The number of carbonyl (C=O) groups is 2. The van der Waals surface area contributed by atoms with Gasteiger partial charge in [0.15, 0.2) is 6.29 Å². The van der Waals surface area contributed by atoms with E-state index in [0.29, 0.717) is 19.4 Å². The third-order valence-corrected chi connectivity index (χ3v) is 20.9. The molecule has 0 aliphatic carbocycles. The van der Waals surface area contributed by atoms with E-state index in [1.54, 1.807) is 6.08 Å². The summed E-state index contributed by atoms with van der Waals surface area (Å²) in [7, 11) is 0. The first kappa shape index (κ1) is 95.6. The van der Waals surface area contributed by atoms with E-state index in [9.17, 15) is 35.1 Å². The quantitative estimate of drug-likeness (QED) is 0.0195. The predicted molar refractivity (Wildman–Crippen MR) is 426 cm³/mol. The first-order valence-electron chi connectivity index (χ1n) is 43.9. The van der Waals surface area contributed by atoms with Crippen LogP contribution >= 0.6 is 0 Å². The molecular weight excluding hydrogens is 1240 g/mol. The monoisotopic (exact) mass is 1410 g/mol. The zero-order valence-corrected chi connectivity index (χ0v) is 65.9. The smallest absolute Gasteiger partial charge is 0.305 e.